The van der Waals surface area contributed by atoms with E-state index >= 15 is 0 Å². The van der Waals surface area contributed by atoms with E-state index in [9.17, 15) is 8.42 Å². The molecule has 2 aromatic rings. The van der Waals surface area contributed by atoms with Gasteiger partial charge in [0.15, 0.2) is 0 Å². The molecule has 2 rings (SSSR count). The summed E-state index contributed by atoms with van der Waals surface area (Å²) in [5, 5.41) is 0. The molecule has 0 radical (unpaired) electrons. The molecule has 1 aromatic carbocycles. The van der Waals surface area contributed by atoms with Crippen molar-refractivity contribution >= 4 is 43.0 Å². The lowest BCUT2D eigenvalue weighted by atomic mass is 10.1. The van der Waals surface area contributed by atoms with Crippen molar-refractivity contribution in [1.82, 2.24) is 4.72 Å². The van der Waals surface area contributed by atoms with Gasteiger partial charge >= 0.3 is 0 Å². The van der Waals surface area contributed by atoms with Gasteiger partial charge in [-0.2, -0.15) is 0 Å². The minimum atomic E-state index is -3.54. The molecular formula is C13H15BrN2O2S2. The van der Waals surface area contributed by atoms with Gasteiger partial charge in [0, 0.05) is 16.6 Å². The van der Waals surface area contributed by atoms with Crippen molar-refractivity contribution < 1.29 is 8.42 Å². The van der Waals surface area contributed by atoms with Crippen LogP contribution in [0.2, 0.25) is 0 Å². The number of benzene rings is 1. The highest BCUT2D eigenvalue weighted by atomic mass is 79.9. The highest BCUT2D eigenvalue weighted by molar-refractivity contribution is 9.11. The van der Waals surface area contributed by atoms with Gasteiger partial charge in [0.25, 0.3) is 0 Å². The third-order valence-corrected chi connectivity index (χ3v) is 6.22. The Bertz CT molecular complexity index is 726. The normalized spacial score (nSPS) is 13.3. The number of hydrogen-bond acceptors (Lipinski definition) is 4. The quantitative estimate of drug-likeness (QED) is 0.805. The standard InChI is InChI=1S/C13H15BrN2O2S2/c1-8(10-4-3-5-11(15)6-10)16-20(17,18)12-7-13(14)19-9(12)2/h3-8,16H,15H2,1-2H3. The van der Waals surface area contributed by atoms with Gasteiger partial charge in [0.1, 0.15) is 0 Å². The number of nitrogen functional groups attached to an aromatic ring is 1. The van der Waals surface area contributed by atoms with Crippen molar-refractivity contribution in [3.63, 3.8) is 0 Å². The van der Waals surface area contributed by atoms with Crippen LogP contribution in [0.1, 0.15) is 23.4 Å². The Morgan fingerprint density at radius 2 is 2.05 bits per heavy atom. The van der Waals surface area contributed by atoms with Gasteiger partial charge in [0.05, 0.1) is 8.68 Å². The summed E-state index contributed by atoms with van der Waals surface area (Å²) in [5.74, 6) is 0. The van der Waals surface area contributed by atoms with E-state index < -0.39 is 10.0 Å². The average molecular weight is 375 g/mol. The lowest BCUT2D eigenvalue weighted by Gasteiger charge is -2.15. The molecule has 0 fully saturated rings. The zero-order valence-electron chi connectivity index (χ0n) is 11.1. The van der Waals surface area contributed by atoms with Crippen LogP contribution in [-0.2, 0) is 10.0 Å². The topological polar surface area (TPSA) is 72.2 Å². The summed E-state index contributed by atoms with van der Waals surface area (Å²) in [5.41, 5.74) is 7.16. The van der Waals surface area contributed by atoms with Crippen molar-refractivity contribution in [2.75, 3.05) is 5.73 Å². The SMILES string of the molecule is Cc1sc(Br)cc1S(=O)(=O)NC(C)c1cccc(N)c1. The molecule has 7 heteroatoms. The molecule has 1 aromatic heterocycles. The molecule has 3 N–H and O–H groups in total. The van der Waals surface area contributed by atoms with E-state index in [1.807, 2.05) is 12.1 Å². The van der Waals surface area contributed by atoms with Gasteiger partial charge in [0.2, 0.25) is 10.0 Å². The zero-order valence-corrected chi connectivity index (χ0v) is 14.3. The second-order valence-electron chi connectivity index (χ2n) is 4.48. The second-order valence-corrected chi connectivity index (χ2v) is 8.80. The predicted molar refractivity (Wildman–Crippen MR) is 86.3 cm³/mol. The molecule has 20 heavy (non-hydrogen) atoms. The fourth-order valence-electron chi connectivity index (χ4n) is 1.89. The molecule has 0 aliphatic heterocycles. The number of halogens is 1. The van der Waals surface area contributed by atoms with Crippen molar-refractivity contribution in [1.29, 1.82) is 0 Å². The van der Waals surface area contributed by atoms with Crippen molar-refractivity contribution in [2.24, 2.45) is 0 Å². The van der Waals surface area contributed by atoms with Gasteiger partial charge in [-0.05, 0) is 53.5 Å². The van der Waals surface area contributed by atoms with Crippen molar-refractivity contribution in [3.8, 4) is 0 Å². The zero-order chi connectivity index (χ0) is 14.9. The van der Waals surface area contributed by atoms with Crippen LogP contribution in [0.3, 0.4) is 0 Å². The average Bonchev–Trinajstić information content (AvgIpc) is 2.69. The largest absolute Gasteiger partial charge is 0.399 e. The van der Waals surface area contributed by atoms with Gasteiger partial charge < -0.3 is 5.73 Å². The van der Waals surface area contributed by atoms with Gasteiger partial charge in [-0.3, -0.25) is 0 Å². The summed E-state index contributed by atoms with van der Waals surface area (Å²) in [6.45, 7) is 3.58. The van der Waals surface area contributed by atoms with Crippen LogP contribution in [0.5, 0.6) is 0 Å². The first-order valence-electron chi connectivity index (χ1n) is 5.93. The first kappa shape index (κ1) is 15.5. The fourth-order valence-corrected chi connectivity index (χ4v) is 5.54. The highest BCUT2D eigenvalue weighted by Gasteiger charge is 2.22. The molecular weight excluding hydrogens is 360 g/mol. The van der Waals surface area contributed by atoms with Gasteiger partial charge in [-0.15, -0.1) is 11.3 Å². The summed E-state index contributed by atoms with van der Waals surface area (Å²) >= 11 is 4.70. The van der Waals surface area contributed by atoms with E-state index in [2.05, 4.69) is 20.7 Å². The van der Waals surface area contributed by atoms with Gasteiger partial charge in [-0.25, -0.2) is 13.1 Å². The molecule has 0 bridgehead atoms. The Morgan fingerprint density at radius 1 is 1.35 bits per heavy atom. The first-order valence-corrected chi connectivity index (χ1v) is 9.02. The summed E-state index contributed by atoms with van der Waals surface area (Å²) in [6.07, 6.45) is 0. The highest BCUT2D eigenvalue weighted by Crippen LogP contribution is 2.30. The number of sulfonamides is 1. The van der Waals surface area contributed by atoms with Crippen LogP contribution in [0.15, 0.2) is 39.0 Å². The molecule has 0 spiro atoms. The molecule has 1 heterocycles. The van der Waals surface area contributed by atoms with Gasteiger partial charge in [-0.1, -0.05) is 12.1 Å². The van der Waals surface area contributed by atoms with Crippen LogP contribution in [0, 0.1) is 6.92 Å². The van der Waals surface area contributed by atoms with E-state index in [4.69, 9.17) is 5.73 Å². The van der Waals surface area contributed by atoms with E-state index in [-0.39, 0.29) is 6.04 Å². The first-order chi connectivity index (χ1) is 9.29. The van der Waals surface area contributed by atoms with Crippen LogP contribution < -0.4 is 10.5 Å². The summed E-state index contributed by atoms with van der Waals surface area (Å²) in [4.78, 5) is 1.06. The monoisotopic (exact) mass is 374 g/mol. The minimum absolute atomic E-state index is 0.310. The number of nitrogens with two attached hydrogens (primary N) is 1. The van der Waals surface area contributed by atoms with E-state index in [1.54, 1.807) is 32.0 Å². The Balaban J connectivity index is 2.27. The minimum Gasteiger partial charge on any atom is -0.399 e. The van der Waals surface area contributed by atoms with E-state index in [0.29, 0.717) is 10.6 Å². The van der Waals surface area contributed by atoms with E-state index in [0.717, 1.165) is 14.2 Å². The number of nitrogens with one attached hydrogen (secondary N) is 1. The van der Waals surface area contributed by atoms with Crippen molar-refractivity contribution in [2.45, 2.75) is 24.8 Å². The predicted octanol–water partition coefficient (Wildman–Crippen LogP) is 3.44. The molecule has 108 valence electrons. The molecule has 1 atom stereocenters. The maximum atomic E-state index is 12.4. The van der Waals surface area contributed by atoms with Crippen LogP contribution in [-0.4, -0.2) is 8.42 Å². The molecule has 0 amide bonds. The Labute approximate surface area is 131 Å². The summed E-state index contributed by atoms with van der Waals surface area (Å²) < 4.78 is 28.2. The number of hydrogen-bond donors (Lipinski definition) is 2. The Kier molecular flexibility index (Phi) is 4.53. The number of rotatable bonds is 4. The number of thiophene rings is 1. The van der Waals surface area contributed by atoms with Crippen LogP contribution in [0.25, 0.3) is 0 Å². The molecule has 4 nitrogen and oxygen atoms in total. The number of anilines is 1. The molecule has 1 unspecified atom stereocenters. The molecule has 0 saturated carbocycles. The maximum Gasteiger partial charge on any atom is 0.242 e. The Hall–Kier alpha value is -0.890. The lowest BCUT2D eigenvalue weighted by Crippen LogP contribution is -2.27. The lowest BCUT2D eigenvalue weighted by molar-refractivity contribution is 0.567. The summed E-state index contributed by atoms with van der Waals surface area (Å²) in [7, 11) is -3.54. The third kappa shape index (κ3) is 3.41. The molecule has 0 saturated heterocycles. The van der Waals surface area contributed by atoms with Crippen LogP contribution >= 0.6 is 27.3 Å². The molecule has 0 aliphatic carbocycles. The summed E-state index contributed by atoms with van der Waals surface area (Å²) in [6, 6.07) is 8.46. The number of aryl methyl sites for hydroxylation is 1. The second kappa shape index (κ2) is 5.85. The maximum absolute atomic E-state index is 12.4. The van der Waals surface area contributed by atoms with Crippen LogP contribution in [0.4, 0.5) is 5.69 Å². The Morgan fingerprint density at radius 3 is 2.60 bits per heavy atom. The van der Waals surface area contributed by atoms with E-state index in [1.165, 1.54) is 11.3 Å². The fraction of sp³-hybridized carbons (Fsp3) is 0.231. The smallest absolute Gasteiger partial charge is 0.242 e. The third-order valence-electron chi connectivity index (χ3n) is 2.87. The van der Waals surface area contributed by atoms with Crippen molar-refractivity contribution in [3.05, 3.63) is 44.6 Å². The molecule has 0 aliphatic rings.